The van der Waals surface area contributed by atoms with Gasteiger partial charge in [0.1, 0.15) is 17.7 Å². The van der Waals surface area contributed by atoms with Crippen LogP contribution in [0.1, 0.15) is 16.8 Å². The van der Waals surface area contributed by atoms with Gasteiger partial charge in [-0.3, -0.25) is 9.54 Å². The molecule has 0 aliphatic carbocycles. The predicted molar refractivity (Wildman–Crippen MR) is 58.7 cm³/mol. The number of Topliss-reactive ketones (excluding diaryl/α,β-unsaturated/α-hetero) is 1. The highest BCUT2D eigenvalue weighted by molar-refractivity contribution is 7.04. The van der Waals surface area contributed by atoms with Gasteiger partial charge in [-0.2, -0.15) is 0 Å². The summed E-state index contributed by atoms with van der Waals surface area (Å²) in [5, 5.41) is 0. The summed E-state index contributed by atoms with van der Waals surface area (Å²) < 4.78 is 29.7. The first-order valence-corrected chi connectivity index (χ1v) is 4.84. The maximum atomic E-state index is 13.3. The van der Waals surface area contributed by atoms with Gasteiger partial charge in [0.05, 0.1) is 5.56 Å². The Labute approximate surface area is 94.0 Å². The van der Waals surface area contributed by atoms with Crippen LogP contribution in [0.15, 0.2) is 22.9 Å². The van der Waals surface area contributed by atoms with E-state index in [0.717, 1.165) is 18.2 Å². The Morgan fingerprint density at radius 1 is 1.56 bits per heavy atom. The first kappa shape index (κ1) is 12.5. The second-order valence-corrected chi connectivity index (χ2v) is 3.30. The van der Waals surface area contributed by atoms with E-state index in [1.807, 2.05) is 0 Å². The minimum atomic E-state index is -0.905. The average molecular weight is 239 g/mol. The predicted octanol–water partition coefficient (Wildman–Crippen LogP) is 2.87. The quantitative estimate of drug-likeness (QED) is 0.451. The first-order chi connectivity index (χ1) is 7.60. The molecule has 0 aliphatic rings. The molecule has 1 atom stereocenters. The number of halogens is 2. The van der Waals surface area contributed by atoms with Crippen LogP contribution in [0.5, 0.6) is 0 Å². The number of hydrogen-bond acceptors (Lipinski definition) is 2. The zero-order valence-corrected chi connectivity index (χ0v) is 9.21. The molecule has 0 N–H and O–H groups in total. The molecule has 0 spiro atoms. The van der Waals surface area contributed by atoms with Crippen LogP contribution in [0.2, 0.25) is 0 Å². The summed E-state index contributed by atoms with van der Waals surface area (Å²) in [4.78, 5) is 11.7. The zero-order chi connectivity index (χ0) is 12.1. The summed E-state index contributed by atoms with van der Waals surface area (Å²) in [6, 6.07) is 1.76. The second kappa shape index (κ2) is 5.48. The van der Waals surface area contributed by atoms with Crippen molar-refractivity contribution in [1.82, 2.24) is 0 Å². The smallest absolute Gasteiger partial charge is 0.191 e. The molecule has 0 amide bonds. The summed E-state index contributed by atoms with van der Waals surface area (Å²) in [6.45, 7) is 0. The zero-order valence-electron chi connectivity index (χ0n) is 8.21. The van der Waals surface area contributed by atoms with Crippen molar-refractivity contribution in [3.05, 3.63) is 35.4 Å². The monoisotopic (exact) mass is 239 g/mol. The fraction of sp³-hybridized carbons (Fsp3) is 0.182. The Hall–Kier alpha value is -1.59. The van der Waals surface area contributed by atoms with Crippen LogP contribution in [0.3, 0.4) is 0 Å². The highest BCUT2D eigenvalue weighted by Crippen LogP contribution is 2.15. The van der Waals surface area contributed by atoms with E-state index in [1.165, 1.54) is 0 Å². The molecule has 5 heteroatoms. The van der Waals surface area contributed by atoms with Gasteiger partial charge in [-0.15, -0.1) is 12.3 Å². The fourth-order valence-electron chi connectivity index (χ4n) is 1.17. The van der Waals surface area contributed by atoms with Crippen LogP contribution in [0.4, 0.5) is 8.78 Å². The van der Waals surface area contributed by atoms with Gasteiger partial charge in [0.25, 0.3) is 0 Å². The Morgan fingerprint density at radius 3 is 2.81 bits per heavy atom. The number of rotatable bonds is 4. The molecule has 1 aromatic carbocycles. The molecule has 0 fully saturated rings. The summed E-state index contributed by atoms with van der Waals surface area (Å²) >= 11 is 0. The molecule has 0 bridgehead atoms. The molecule has 0 saturated heterocycles. The molecule has 0 aliphatic heterocycles. The van der Waals surface area contributed by atoms with Gasteiger partial charge in [-0.05, 0) is 27.2 Å². The Bertz CT molecular complexity index is 468. The second-order valence-electron chi connectivity index (χ2n) is 3.04. The van der Waals surface area contributed by atoms with Crippen molar-refractivity contribution in [3.8, 4) is 12.3 Å². The summed E-state index contributed by atoms with van der Waals surface area (Å²) in [7, 11) is 2.80. The van der Waals surface area contributed by atoms with E-state index in [9.17, 15) is 13.6 Å². The van der Waals surface area contributed by atoms with Crippen molar-refractivity contribution in [3.63, 3.8) is 0 Å². The lowest BCUT2D eigenvalue weighted by Gasteiger charge is -2.07. The van der Waals surface area contributed by atoms with Crippen LogP contribution in [0.25, 0.3) is 0 Å². The molecule has 0 saturated carbocycles. The molecule has 0 heterocycles. The van der Waals surface area contributed by atoms with Crippen molar-refractivity contribution in [2.75, 3.05) is 0 Å². The van der Waals surface area contributed by atoms with Gasteiger partial charge in [-0.1, -0.05) is 0 Å². The van der Waals surface area contributed by atoms with Gasteiger partial charge in [0, 0.05) is 6.42 Å². The van der Waals surface area contributed by atoms with E-state index in [2.05, 4.69) is 19.7 Å². The number of benzene rings is 1. The van der Waals surface area contributed by atoms with Crippen molar-refractivity contribution in [2.24, 2.45) is 4.74 Å². The van der Waals surface area contributed by atoms with Crippen molar-refractivity contribution >= 4 is 14.8 Å². The lowest BCUT2D eigenvalue weighted by Crippen LogP contribution is -2.18. The van der Waals surface area contributed by atoms with Crippen LogP contribution in [-0.2, 0) is 0 Å². The topological polar surface area (TPSA) is 29.4 Å². The molecule has 1 rings (SSSR count). The maximum Gasteiger partial charge on any atom is 0.191 e. The lowest BCUT2D eigenvalue weighted by molar-refractivity contribution is 0.0960. The fourth-order valence-corrected chi connectivity index (χ4v) is 1.38. The van der Waals surface area contributed by atoms with Crippen molar-refractivity contribution in [2.45, 2.75) is 12.5 Å². The van der Waals surface area contributed by atoms with E-state index < -0.39 is 23.5 Å². The lowest BCUT2D eigenvalue weighted by atomic mass is 10.0. The average Bonchev–Trinajstić information content (AvgIpc) is 2.28. The molecule has 0 radical (unpaired) electrons. The number of carbonyl (C=O) groups is 1. The highest BCUT2D eigenvalue weighted by Gasteiger charge is 2.21. The van der Waals surface area contributed by atoms with Crippen LogP contribution in [0, 0.1) is 24.0 Å². The van der Waals surface area contributed by atoms with E-state index >= 15 is 0 Å². The van der Waals surface area contributed by atoms with E-state index in [0.29, 0.717) is 0 Å². The minimum Gasteiger partial charge on any atom is -0.292 e. The number of terminal acetylenes is 1. The van der Waals surface area contributed by atoms with E-state index in [-0.39, 0.29) is 12.0 Å². The van der Waals surface area contributed by atoms with Gasteiger partial charge in [0.15, 0.2) is 5.78 Å². The minimum absolute atomic E-state index is 0.0261. The van der Waals surface area contributed by atoms with E-state index in [4.69, 9.17) is 6.42 Å². The third-order valence-corrected chi connectivity index (χ3v) is 2.28. The standard InChI is InChI=1S/C11H8F2NOP/c1-2-3-10(14-16)11(15)8-6-7(12)4-5-9(8)13/h1,4-6,10,16H,3H2. The first-order valence-electron chi connectivity index (χ1n) is 4.39. The molecule has 82 valence electrons. The Balaban J connectivity index is 3.08. The van der Waals surface area contributed by atoms with Crippen LogP contribution in [-0.4, -0.2) is 11.8 Å². The largest absolute Gasteiger partial charge is 0.292 e. The van der Waals surface area contributed by atoms with Crippen molar-refractivity contribution in [1.29, 1.82) is 0 Å². The number of hydrogen-bond donors (Lipinski definition) is 0. The Kier molecular flexibility index (Phi) is 4.28. The molecule has 2 nitrogen and oxygen atoms in total. The summed E-state index contributed by atoms with van der Waals surface area (Å²) in [5.74, 6) is 0.123. The molecule has 1 unspecified atom stereocenters. The third kappa shape index (κ3) is 2.71. The summed E-state index contributed by atoms with van der Waals surface area (Å²) in [6.07, 6.45) is 5.06. The van der Waals surface area contributed by atoms with Gasteiger partial charge in [0.2, 0.25) is 0 Å². The van der Waals surface area contributed by atoms with Crippen LogP contribution >= 0.6 is 9.03 Å². The molecular weight excluding hydrogens is 231 g/mol. The van der Waals surface area contributed by atoms with Gasteiger partial charge >= 0.3 is 0 Å². The molecular formula is C11H8F2NOP. The molecule has 0 aromatic heterocycles. The molecule has 1 aromatic rings. The van der Waals surface area contributed by atoms with Gasteiger partial charge in [-0.25, -0.2) is 8.78 Å². The third-order valence-electron chi connectivity index (χ3n) is 1.96. The summed E-state index contributed by atoms with van der Waals surface area (Å²) in [5.41, 5.74) is -0.345. The van der Waals surface area contributed by atoms with Crippen molar-refractivity contribution < 1.29 is 13.6 Å². The number of ketones is 1. The SMILES string of the molecule is C#CCC(N=P)C(=O)c1cc(F)ccc1F. The van der Waals surface area contributed by atoms with Crippen LogP contribution < -0.4 is 0 Å². The maximum absolute atomic E-state index is 13.3. The highest BCUT2D eigenvalue weighted by atomic mass is 31.0. The van der Waals surface area contributed by atoms with E-state index in [1.54, 1.807) is 0 Å². The number of carbonyl (C=O) groups excluding carboxylic acids is 1. The Morgan fingerprint density at radius 2 is 2.25 bits per heavy atom. The number of nitrogens with zero attached hydrogens (tertiary/aromatic N) is 1. The molecule has 16 heavy (non-hydrogen) atoms. The normalized spacial score (nSPS) is 11.6. The van der Waals surface area contributed by atoms with Gasteiger partial charge < -0.3 is 0 Å².